The van der Waals surface area contributed by atoms with Gasteiger partial charge in [-0.15, -0.1) is 0 Å². The van der Waals surface area contributed by atoms with Crippen molar-refractivity contribution in [3.63, 3.8) is 0 Å². The van der Waals surface area contributed by atoms with Crippen molar-refractivity contribution in [3.05, 3.63) is 59.7 Å². The van der Waals surface area contributed by atoms with E-state index in [-0.39, 0.29) is 24.5 Å². The topological polar surface area (TPSA) is 97.0 Å². The lowest BCUT2D eigenvalue weighted by Gasteiger charge is -2.21. The van der Waals surface area contributed by atoms with Gasteiger partial charge in [0, 0.05) is 12.6 Å². The van der Waals surface area contributed by atoms with Crippen LogP contribution in [0, 0.1) is 17.8 Å². The van der Waals surface area contributed by atoms with E-state index in [4.69, 9.17) is 9.47 Å². The summed E-state index contributed by atoms with van der Waals surface area (Å²) < 4.78 is 10.9. The molecule has 2 aliphatic heterocycles. The van der Waals surface area contributed by atoms with Crippen LogP contribution in [0.2, 0.25) is 0 Å². The van der Waals surface area contributed by atoms with Crippen molar-refractivity contribution < 1.29 is 23.9 Å². The summed E-state index contributed by atoms with van der Waals surface area (Å²) in [6, 6.07) is 13.3. The predicted molar refractivity (Wildman–Crippen MR) is 121 cm³/mol. The maximum atomic E-state index is 13.0. The van der Waals surface area contributed by atoms with Gasteiger partial charge in [0.2, 0.25) is 0 Å². The van der Waals surface area contributed by atoms with Crippen molar-refractivity contribution in [1.82, 2.24) is 10.6 Å². The normalized spacial score (nSPS) is 18.4. The number of nitrogens with zero attached hydrogens (tertiary/aromatic N) is 1. The third kappa shape index (κ3) is 5.16. The van der Waals surface area contributed by atoms with E-state index >= 15 is 0 Å². The van der Waals surface area contributed by atoms with E-state index in [0.29, 0.717) is 24.7 Å². The van der Waals surface area contributed by atoms with Crippen LogP contribution < -0.4 is 20.3 Å². The SMILES string of the molecule is C[C@@H](NC(=O)C(=O)N[C@H]1COc2ccc(C#CC3COC3)cc2N(C)C1=O)c1ccccc1. The summed E-state index contributed by atoms with van der Waals surface area (Å²) in [6.07, 6.45) is 0. The highest BCUT2D eigenvalue weighted by Gasteiger charge is 2.32. The van der Waals surface area contributed by atoms with E-state index in [1.54, 1.807) is 26.1 Å². The first-order chi connectivity index (χ1) is 15.9. The molecule has 8 heteroatoms. The summed E-state index contributed by atoms with van der Waals surface area (Å²) in [5.74, 6) is 4.87. The van der Waals surface area contributed by atoms with E-state index in [9.17, 15) is 14.4 Å². The summed E-state index contributed by atoms with van der Waals surface area (Å²) in [6.45, 7) is 2.97. The molecule has 3 amide bonds. The second-order valence-corrected chi connectivity index (χ2v) is 8.03. The van der Waals surface area contributed by atoms with Crippen LogP contribution in [-0.4, -0.2) is 50.6 Å². The van der Waals surface area contributed by atoms with E-state index in [1.165, 1.54) is 4.90 Å². The van der Waals surface area contributed by atoms with Gasteiger partial charge in [-0.25, -0.2) is 0 Å². The first-order valence-corrected chi connectivity index (χ1v) is 10.7. The fourth-order valence-electron chi connectivity index (χ4n) is 3.50. The molecule has 0 spiro atoms. The quantitative estimate of drug-likeness (QED) is 0.548. The highest BCUT2D eigenvalue weighted by molar-refractivity contribution is 6.35. The van der Waals surface area contributed by atoms with E-state index in [1.807, 2.05) is 36.4 Å². The third-order valence-corrected chi connectivity index (χ3v) is 5.57. The zero-order chi connectivity index (χ0) is 23.4. The highest BCUT2D eigenvalue weighted by Crippen LogP contribution is 2.31. The molecule has 0 aliphatic carbocycles. The molecule has 0 unspecified atom stereocenters. The molecule has 2 heterocycles. The highest BCUT2D eigenvalue weighted by atomic mass is 16.5. The molecule has 8 nitrogen and oxygen atoms in total. The average molecular weight is 447 g/mol. The van der Waals surface area contributed by atoms with Crippen LogP contribution in [0.3, 0.4) is 0 Å². The minimum absolute atomic E-state index is 0.0894. The predicted octanol–water partition coefficient (Wildman–Crippen LogP) is 1.40. The minimum atomic E-state index is -1.01. The third-order valence-electron chi connectivity index (χ3n) is 5.57. The van der Waals surface area contributed by atoms with Crippen molar-refractivity contribution in [2.75, 3.05) is 31.8 Å². The summed E-state index contributed by atoms with van der Waals surface area (Å²) >= 11 is 0. The number of fused-ring (bicyclic) bond motifs is 1. The Bertz CT molecular complexity index is 1120. The number of carbonyl (C=O) groups is 3. The zero-order valence-corrected chi connectivity index (χ0v) is 18.5. The summed E-state index contributed by atoms with van der Waals surface area (Å²) in [5.41, 5.74) is 2.17. The molecule has 0 radical (unpaired) electrons. The van der Waals surface area contributed by atoms with Crippen LogP contribution in [0.15, 0.2) is 48.5 Å². The molecular weight excluding hydrogens is 422 g/mol. The number of nitrogens with one attached hydrogen (secondary N) is 2. The van der Waals surface area contributed by atoms with Gasteiger partial charge >= 0.3 is 11.8 Å². The number of carbonyl (C=O) groups excluding carboxylic acids is 3. The van der Waals surface area contributed by atoms with Crippen molar-refractivity contribution in [2.24, 2.45) is 5.92 Å². The minimum Gasteiger partial charge on any atom is -0.489 e. The van der Waals surface area contributed by atoms with Crippen LogP contribution in [0.25, 0.3) is 0 Å². The van der Waals surface area contributed by atoms with Crippen LogP contribution in [-0.2, 0) is 19.1 Å². The van der Waals surface area contributed by atoms with Crippen LogP contribution in [0.5, 0.6) is 5.75 Å². The van der Waals surface area contributed by atoms with Crippen molar-refractivity contribution in [3.8, 4) is 17.6 Å². The first kappa shape index (κ1) is 22.4. The number of ether oxygens (including phenoxy) is 2. The molecule has 2 N–H and O–H groups in total. The van der Waals surface area contributed by atoms with Crippen molar-refractivity contribution in [2.45, 2.75) is 19.0 Å². The Morgan fingerprint density at radius 3 is 2.55 bits per heavy atom. The van der Waals surface area contributed by atoms with Gasteiger partial charge in [-0.05, 0) is 30.7 Å². The number of hydrogen-bond acceptors (Lipinski definition) is 5. The smallest absolute Gasteiger partial charge is 0.310 e. The van der Waals surface area contributed by atoms with Gasteiger partial charge in [0.15, 0.2) is 0 Å². The number of benzene rings is 2. The maximum Gasteiger partial charge on any atom is 0.310 e. The van der Waals surface area contributed by atoms with Crippen molar-refractivity contribution >= 4 is 23.4 Å². The molecule has 2 aromatic carbocycles. The summed E-state index contributed by atoms with van der Waals surface area (Å²) in [4.78, 5) is 39.3. The Balaban J connectivity index is 1.40. The van der Waals surface area contributed by atoms with Gasteiger partial charge in [0.05, 0.1) is 30.9 Å². The molecule has 0 aromatic heterocycles. The van der Waals surface area contributed by atoms with Gasteiger partial charge in [-0.3, -0.25) is 14.4 Å². The second kappa shape index (κ2) is 9.76. The molecule has 0 saturated carbocycles. The number of rotatable bonds is 3. The molecule has 1 saturated heterocycles. The van der Waals surface area contributed by atoms with Gasteiger partial charge in [0.1, 0.15) is 18.4 Å². The second-order valence-electron chi connectivity index (χ2n) is 8.03. The number of anilines is 1. The van der Waals surface area contributed by atoms with Gasteiger partial charge in [0.25, 0.3) is 5.91 Å². The van der Waals surface area contributed by atoms with E-state index < -0.39 is 17.9 Å². The number of amides is 3. The molecule has 4 rings (SSSR count). The van der Waals surface area contributed by atoms with E-state index in [2.05, 4.69) is 22.5 Å². The molecular formula is C25H25N3O5. The van der Waals surface area contributed by atoms with Crippen LogP contribution in [0.4, 0.5) is 5.69 Å². The molecule has 1 fully saturated rings. The van der Waals surface area contributed by atoms with Gasteiger partial charge in [-0.1, -0.05) is 42.2 Å². The average Bonchev–Trinajstić information content (AvgIpc) is 2.90. The molecule has 170 valence electrons. The fraction of sp³-hybridized carbons (Fsp3) is 0.320. The van der Waals surface area contributed by atoms with E-state index in [0.717, 1.165) is 11.1 Å². The monoisotopic (exact) mass is 447 g/mol. The number of hydrogen-bond donors (Lipinski definition) is 2. The zero-order valence-electron chi connectivity index (χ0n) is 18.5. The lowest BCUT2D eigenvalue weighted by molar-refractivity contribution is -0.141. The molecule has 2 aliphatic rings. The number of likely N-dealkylation sites (N-methyl/N-ethyl adjacent to an activating group) is 1. The Morgan fingerprint density at radius 1 is 1.09 bits per heavy atom. The molecule has 2 atom stereocenters. The standard InChI is InChI=1S/C25H25N3O5/c1-16(19-6-4-3-5-7-19)26-23(29)24(30)27-20-15-33-22-11-10-17(8-9-18-13-32-14-18)12-21(22)28(2)25(20)31/h3-7,10-12,16,18,20H,13-15H2,1-2H3,(H,26,29)(H,27,30)/t16-,20+/m1/s1. The van der Waals surface area contributed by atoms with Crippen LogP contribution >= 0.6 is 0 Å². The Labute approximate surface area is 192 Å². The largest absolute Gasteiger partial charge is 0.489 e. The first-order valence-electron chi connectivity index (χ1n) is 10.7. The Kier molecular flexibility index (Phi) is 6.61. The lowest BCUT2D eigenvalue weighted by atomic mass is 10.1. The maximum absolute atomic E-state index is 13.0. The van der Waals surface area contributed by atoms with Gasteiger partial charge < -0.3 is 25.0 Å². The van der Waals surface area contributed by atoms with Crippen LogP contribution in [0.1, 0.15) is 24.1 Å². The van der Waals surface area contributed by atoms with Crippen molar-refractivity contribution in [1.29, 1.82) is 0 Å². The molecule has 33 heavy (non-hydrogen) atoms. The van der Waals surface area contributed by atoms with Gasteiger partial charge in [-0.2, -0.15) is 0 Å². The molecule has 0 bridgehead atoms. The fourth-order valence-corrected chi connectivity index (χ4v) is 3.50. The summed E-state index contributed by atoms with van der Waals surface area (Å²) in [7, 11) is 1.60. The lowest BCUT2D eigenvalue weighted by Crippen LogP contribution is -2.53. The molecule has 2 aromatic rings. The Morgan fingerprint density at radius 2 is 1.85 bits per heavy atom. The Hall–Kier alpha value is -3.83. The summed E-state index contributed by atoms with van der Waals surface area (Å²) in [5, 5.41) is 5.13.